The number of hydrogen-bond acceptors (Lipinski definition) is 3. The fraction of sp³-hybridized carbons (Fsp3) is 0.125. The first kappa shape index (κ1) is 13.5. The Morgan fingerprint density at radius 2 is 1.80 bits per heavy atom. The monoisotopic (exact) mass is 344 g/mol. The normalized spacial score (nSPS) is 10.8. The van der Waals surface area contributed by atoms with E-state index in [1.54, 1.807) is 11.3 Å². The molecule has 0 amide bonds. The van der Waals surface area contributed by atoms with E-state index in [2.05, 4.69) is 53.0 Å². The summed E-state index contributed by atoms with van der Waals surface area (Å²) in [5.74, 6) is 0. The van der Waals surface area contributed by atoms with Crippen molar-refractivity contribution in [2.75, 3.05) is 0 Å². The predicted molar refractivity (Wildman–Crippen MR) is 88.0 cm³/mol. The first-order valence-electron chi connectivity index (χ1n) is 6.30. The second-order valence-corrected chi connectivity index (χ2v) is 6.77. The Morgan fingerprint density at radius 1 is 1.05 bits per heavy atom. The number of aryl methyl sites for hydroxylation is 2. The average Bonchev–Trinajstić information content (AvgIpc) is 2.82. The molecule has 0 radical (unpaired) electrons. The molecule has 2 aromatic heterocycles. The molecule has 0 aliphatic heterocycles. The van der Waals surface area contributed by atoms with E-state index in [9.17, 15) is 0 Å². The van der Waals surface area contributed by atoms with Crippen LogP contribution in [0.5, 0.6) is 0 Å². The van der Waals surface area contributed by atoms with E-state index >= 15 is 0 Å². The zero-order chi connectivity index (χ0) is 14.1. The van der Waals surface area contributed by atoms with Gasteiger partial charge >= 0.3 is 0 Å². The molecular weight excluding hydrogens is 332 g/mol. The van der Waals surface area contributed by atoms with Gasteiger partial charge in [0.1, 0.15) is 5.01 Å². The third-order valence-corrected chi connectivity index (χ3v) is 4.57. The summed E-state index contributed by atoms with van der Waals surface area (Å²) in [4.78, 5) is 10.4. The average molecular weight is 345 g/mol. The van der Waals surface area contributed by atoms with E-state index in [1.165, 1.54) is 10.4 Å². The van der Waals surface area contributed by atoms with Gasteiger partial charge in [-0.1, -0.05) is 28.1 Å². The molecule has 0 aliphatic rings. The predicted octanol–water partition coefficient (Wildman–Crippen LogP) is 5.25. The minimum atomic E-state index is 0.946. The van der Waals surface area contributed by atoms with Gasteiger partial charge in [0.15, 0.2) is 0 Å². The van der Waals surface area contributed by atoms with Gasteiger partial charge in [-0.3, -0.25) is 4.98 Å². The molecule has 0 N–H and O–H groups in total. The second-order valence-electron chi connectivity index (χ2n) is 4.65. The van der Waals surface area contributed by atoms with Crippen LogP contribution in [0.3, 0.4) is 0 Å². The van der Waals surface area contributed by atoms with Crippen LogP contribution in [-0.4, -0.2) is 9.97 Å². The molecule has 0 saturated carbocycles. The third-order valence-electron chi connectivity index (χ3n) is 3.05. The molecule has 0 spiro atoms. The maximum absolute atomic E-state index is 4.76. The smallest absolute Gasteiger partial charge is 0.142 e. The number of thiazole rings is 1. The molecule has 100 valence electrons. The van der Waals surface area contributed by atoms with Crippen LogP contribution in [0.15, 0.2) is 47.1 Å². The lowest BCUT2D eigenvalue weighted by Gasteiger charge is -1.99. The standard InChI is InChI=1S/C16H13BrN2S/c1-10-7-8-18-14(9-10)16-19-15(11(2)20-16)12-3-5-13(17)6-4-12/h3-9H,1-2H3. The Labute approximate surface area is 130 Å². The zero-order valence-electron chi connectivity index (χ0n) is 11.2. The number of benzene rings is 1. The number of nitrogens with zero attached hydrogens (tertiary/aromatic N) is 2. The molecule has 2 nitrogen and oxygen atoms in total. The molecular formula is C16H13BrN2S. The van der Waals surface area contributed by atoms with Crippen molar-refractivity contribution in [2.45, 2.75) is 13.8 Å². The SMILES string of the molecule is Cc1ccnc(-c2nc(-c3ccc(Br)cc3)c(C)s2)c1. The number of rotatable bonds is 2. The molecule has 0 unspecified atom stereocenters. The van der Waals surface area contributed by atoms with Crippen LogP contribution < -0.4 is 0 Å². The highest BCUT2D eigenvalue weighted by Crippen LogP contribution is 2.33. The zero-order valence-corrected chi connectivity index (χ0v) is 13.6. The molecule has 3 rings (SSSR count). The number of aromatic nitrogens is 2. The van der Waals surface area contributed by atoms with Gasteiger partial charge in [0.25, 0.3) is 0 Å². The Hall–Kier alpha value is -1.52. The topological polar surface area (TPSA) is 25.8 Å². The van der Waals surface area contributed by atoms with Crippen molar-refractivity contribution in [1.82, 2.24) is 9.97 Å². The summed E-state index contributed by atoms with van der Waals surface area (Å²) in [6, 6.07) is 12.3. The molecule has 2 heterocycles. The van der Waals surface area contributed by atoms with E-state index in [-0.39, 0.29) is 0 Å². The highest BCUT2D eigenvalue weighted by molar-refractivity contribution is 9.10. The highest BCUT2D eigenvalue weighted by atomic mass is 79.9. The van der Waals surface area contributed by atoms with Gasteiger partial charge in [0.2, 0.25) is 0 Å². The minimum Gasteiger partial charge on any atom is -0.254 e. The van der Waals surface area contributed by atoms with Crippen LogP contribution in [0.1, 0.15) is 10.4 Å². The van der Waals surface area contributed by atoms with Crippen molar-refractivity contribution >= 4 is 27.3 Å². The number of halogens is 1. The first-order chi connectivity index (χ1) is 9.63. The van der Waals surface area contributed by atoms with Crippen LogP contribution in [-0.2, 0) is 0 Å². The summed E-state index contributed by atoms with van der Waals surface area (Å²) in [5.41, 5.74) is 4.33. The van der Waals surface area contributed by atoms with Crippen LogP contribution in [0, 0.1) is 13.8 Å². The lowest BCUT2D eigenvalue weighted by atomic mass is 10.1. The second kappa shape index (κ2) is 5.46. The molecule has 0 fully saturated rings. The Bertz CT molecular complexity index is 747. The van der Waals surface area contributed by atoms with E-state index < -0.39 is 0 Å². The first-order valence-corrected chi connectivity index (χ1v) is 7.91. The number of hydrogen-bond donors (Lipinski definition) is 0. The Morgan fingerprint density at radius 3 is 2.50 bits per heavy atom. The van der Waals surface area contributed by atoms with Gasteiger partial charge < -0.3 is 0 Å². The van der Waals surface area contributed by atoms with Crippen LogP contribution in [0.25, 0.3) is 22.0 Å². The van der Waals surface area contributed by atoms with E-state index in [1.807, 2.05) is 24.4 Å². The Balaban J connectivity index is 2.05. The molecule has 0 saturated heterocycles. The molecule has 3 aromatic rings. The third kappa shape index (κ3) is 2.67. The van der Waals surface area contributed by atoms with Crippen molar-refractivity contribution in [3.8, 4) is 22.0 Å². The summed E-state index contributed by atoms with van der Waals surface area (Å²) in [6.45, 7) is 4.18. The van der Waals surface area contributed by atoms with Crippen LogP contribution >= 0.6 is 27.3 Å². The fourth-order valence-electron chi connectivity index (χ4n) is 2.03. The van der Waals surface area contributed by atoms with Gasteiger partial charge in [-0.15, -0.1) is 11.3 Å². The molecule has 0 bridgehead atoms. The lowest BCUT2D eigenvalue weighted by Crippen LogP contribution is -1.84. The molecule has 0 aliphatic carbocycles. The fourth-order valence-corrected chi connectivity index (χ4v) is 3.20. The molecule has 20 heavy (non-hydrogen) atoms. The maximum Gasteiger partial charge on any atom is 0.142 e. The molecule has 4 heteroatoms. The lowest BCUT2D eigenvalue weighted by molar-refractivity contribution is 1.26. The highest BCUT2D eigenvalue weighted by Gasteiger charge is 2.12. The van der Waals surface area contributed by atoms with E-state index in [4.69, 9.17) is 4.98 Å². The molecule has 1 aromatic carbocycles. The minimum absolute atomic E-state index is 0.946. The summed E-state index contributed by atoms with van der Waals surface area (Å²) in [5, 5.41) is 0.976. The number of pyridine rings is 1. The van der Waals surface area contributed by atoms with Gasteiger partial charge in [0, 0.05) is 21.1 Å². The van der Waals surface area contributed by atoms with Gasteiger partial charge in [-0.25, -0.2) is 4.98 Å². The molecule has 0 atom stereocenters. The summed E-state index contributed by atoms with van der Waals surface area (Å²) < 4.78 is 1.08. The summed E-state index contributed by atoms with van der Waals surface area (Å²) >= 11 is 5.15. The van der Waals surface area contributed by atoms with Crippen molar-refractivity contribution in [2.24, 2.45) is 0 Å². The quantitative estimate of drug-likeness (QED) is 0.634. The van der Waals surface area contributed by atoms with Crippen molar-refractivity contribution in [1.29, 1.82) is 0 Å². The summed E-state index contributed by atoms with van der Waals surface area (Å²) in [6.07, 6.45) is 1.83. The summed E-state index contributed by atoms with van der Waals surface area (Å²) in [7, 11) is 0. The van der Waals surface area contributed by atoms with E-state index in [0.29, 0.717) is 0 Å². The van der Waals surface area contributed by atoms with E-state index in [0.717, 1.165) is 26.4 Å². The van der Waals surface area contributed by atoms with Crippen LogP contribution in [0.2, 0.25) is 0 Å². The van der Waals surface area contributed by atoms with Gasteiger partial charge in [-0.2, -0.15) is 0 Å². The van der Waals surface area contributed by atoms with Crippen molar-refractivity contribution in [3.63, 3.8) is 0 Å². The van der Waals surface area contributed by atoms with Crippen LogP contribution in [0.4, 0.5) is 0 Å². The largest absolute Gasteiger partial charge is 0.254 e. The van der Waals surface area contributed by atoms with Gasteiger partial charge in [-0.05, 0) is 43.7 Å². The Kier molecular flexibility index (Phi) is 3.68. The van der Waals surface area contributed by atoms with Gasteiger partial charge in [0.05, 0.1) is 11.4 Å². The van der Waals surface area contributed by atoms with Crippen molar-refractivity contribution < 1.29 is 0 Å². The van der Waals surface area contributed by atoms with Crippen molar-refractivity contribution in [3.05, 3.63) is 57.5 Å². The maximum atomic E-state index is 4.76.